The van der Waals surface area contributed by atoms with Gasteiger partial charge in [-0.25, -0.2) is 5.48 Å². The second-order valence-corrected chi connectivity index (χ2v) is 8.61. The summed E-state index contributed by atoms with van der Waals surface area (Å²) < 4.78 is 0. The Balaban J connectivity index is 1.70. The van der Waals surface area contributed by atoms with Crippen LogP contribution in [0.3, 0.4) is 0 Å². The fourth-order valence-electron chi connectivity index (χ4n) is 4.61. The highest BCUT2D eigenvalue weighted by molar-refractivity contribution is 5.84. The minimum Gasteiger partial charge on any atom is -0.481 e. The minimum absolute atomic E-state index is 0.00168. The first kappa shape index (κ1) is 26.4. The van der Waals surface area contributed by atoms with E-state index < -0.39 is 63.4 Å². The highest BCUT2D eigenvalue weighted by Gasteiger charge is 2.43. The predicted molar refractivity (Wildman–Crippen MR) is 110 cm³/mol. The van der Waals surface area contributed by atoms with Gasteiger partial charge in [-0.1, -0.05) is 0 Å². The lowest BCUT2D eigenvalue weighted by molar-refractivity contribution is -0.528. The van der Waals surface area contributed by atoms with Crippen molar-refractivity contribution in [2.75, 3.05) is 19.7 Å². The van der Waals surface area contributed by atoms with Crippen LogP contribution in [0.25, 0.3) is 0 Å². The molecular weight excluding hydrogens is 444 g/mol. The molecule has 0 aromatic heterocycles. The SMILES string of the molecule is O=C(O)C1CCC([N+](=O)[O-])CC1CONCCCNC(=O)C1CC([N+](=O)[O-])CCC1C(=O)O. The van der Waals surface area contributed by atoms with Crippen LogP contribution in [0, 0.1) is 43.9 Å². The average Bonchev–Trinajstić information content (AvgIpc) is 2.77. The number of carboxylic acids is 2. The topological polar surface area (TPSA) is 211 Å². The Morgan fingerprint density at radius 1 is 0.848 bits per heavy atom. The van der Waals surface area contributed by atoms with Gasteiger partial charge >= 0.3 is 11.9 Å². The van der Waals surface area contributed by atoms with Gasteiger partial charge in [0, 0.05) is 54.5 Å². The highest BCUT2D eigenvalue weighted by atomic mass is 16.6. The third kappa shape index (κ3) is 7.60. The van der Waals surface area contributed by atoms with E-state index in [1.807, 2.05) is 0 Å². The van der Waals surface area contributed by atoms with Crippen molar-refractivity contribution in [2.24, 2.45) is 23.7 Å². The van der Waals surface area contributed by atoms with Gasteiger partial charge in [0.2, 0.25) is 18.0 Å². The number of hydrogen-bond donors (Lipinski definition) is 4. The first-order valence-electron chi connectivity index (χ1n) is 11.0. The monoisotopic (exact) mass is 474 g/mol. The number of aliphatic carboxylic acids is 2. The van der Waals surface area contributed by atoms with E-state index in [-0.39, 0.29) is 58.2 Å². The molecule has 14 heteroatoms. The van der Waals surface area contributed by atoms with E-state index in [9.17, 15) is 44.8 Å². The first-order valence-corrected chi connectivity index (χ1v) is 11.0. The molecule has 1 amide bonds. The van der Waals surface area contributed by atoms with Crippen molar-refractivity contribution in [3.63, 3.8) is 0 Å². The number of hydroxylamine groups is 1. The Morgan fingerprint density at radius 2 is 1.42 bits per heavy atom. The van der Waals surface area contributed by atoms with Crippen molar-refractivity contribution in [3.05, 3.63) is 20.2 Å². The number of nitrogens with one attached hydrogen (secondary N) is 2. The molecule has 14 nitrogen and oxygen atoms in total. The molecule has 4 N–H and O–H groups in total. The van der Waals surface area contributed by atoms with Gasteiger partial charge in [0.1, 0.15) is 0 Å². The summed E-state index contributed by atoms with van der Waals surface area (Å²) >= 11 is 0. The quantitative estimate of drug-likeness (QED) is 0.172. The van der Waals surface area contributed by atoms with E-state index in [1.165, 1.54) is 0 Å². The summed E-state index contributed by atoms with van der Waals surface area (Å²) in [6.45, 7) is 0.470. The summed E-state index contributed by atoms with van der Waals surface area (Å²) in [4.78, 5) is 61.6. The molecular formula is C19H30N4O10. The highest BCUT2D eigenvalue weighted by Crippen LogP contribution is 2.33. The normalized spacial score (nSPS) is 29.7. The lowest BCUT2D eigenvalue weighted by Gasteiger charge is -2.29. The fraction of sp³-hybridized carbons (Fsp3) is 0.842. The number of amides is 1. The molecule has 2 fully saturated rings. The van der Waals surface area contributed by atoms with E-state index in [1.54, 1.807) is 0 Å². The summed E-state index contributed by atoms with van der Waals surface area (Å²) in [5.74, 6) is -5.81. The molecule has 0 aliphatic heterocycles. The zero-order valence-electron chi connectivity index (χ0n) is 18.1. The number of nitro groups is 2. The van der Waals surface area contributed by atoms with Crippen molar-refractivity contribution >= 4 is 17.8 Å². The zero-order valence-corrected chi connectivity index (χ0v) is 18.1. The van der Waals surface area contributed by atoms with Crippen LogP contribution in [-0.2, 0) is 19.2 Å². The van der Waals surface area contributed by atoms with Gasteiger partial charge in [-0.3, -0.25) is 34.6 Å². The van der Waals surface area contributed by atoms with Gasteiger partial charge in [0.05, 0.1) is 24.4 Å². The van der Waals surface area contributed by atoms with E-state index in [0.29, 0.717) is 6.42 Å². The van der Waals surface area contributed by atoms with Crippen LogP contribution in [0.4, 0.5) is 0 Å². The molecule has 0 aromatic carbocycles. The van der Waals surface area contributed by atoms with Gasteiger partial charge in [-0.05, 0) is 19.3 Å². The maximum Gasteiger partial charge on any atom is 0.307 e. The Bertz CT molecular complexity index is 748. The van der Waals surface area contributed by atoms with Crippen molar-refractivity contribution in [3.8, 4) is 0 Å². The number of carbonyl (C=O) groups is 3. The number of hydrogen-bond acceptors (Lipinski definition) is 9. The number of carbonyl (C=O) groups excluding carboxylic acids is 1. The lowest BCUT2D eigenvalue weighted by atomic mass is 9.76. The largest absolute Gasteiger partial charge is 0.481 e. The molecule has 2 saturated carbocycles. The summed E-state index contributed by atoms with van der Waals surface area (Å²) in [6, 6.07) is -1.72. The average molecular weight is 474 g/mol. The van der Waals surface area contributed by atoms with Crippen LogP contribution in [0.2, 0.25) is 0 Å². The summed E-state index contributed by atoms with van der Waals surface area (Å²) in [5.41, 5.74) is 2.64. The number of carboxylic acid groups (broad SMARTS) is 2. The molecule has 0 radical (unpaired) electrons. The van der Waals surface area contributed by atoms with Gasteiger partial charge in [-0.2, -0.15) is 0 Å². The standard InChI is InChI=1S/C19H30N4O10/c24-17(16-9-13(23(31)32)3-5-15(16)19(27)28)20-6-1-7-21-33-10-11-8-12(22(29)30)2-4-14(11)18(25)26/h11-16,21H,1-10H2,(H,20,24)(H,25,26)(H,27,28). The van der Waals surface area contributed by atoms with Crippen LogP contribution < -0.4 is 10.8 Å². The van der Waals surface area contributed by atoms with Crippen LogP contribution >= 0.6 is 0 Å². The summed E-state index contributed by atoms with van der Waals surface area (Å²) in [6.07, 6.45) is 1.05. The number of rotatable bonds is 12. The summed E-state index contributed by atoms with van der Waals surface area (Å²) in [5, 5.41) is 43.2. The molecule has 33 heavy (non-hydrogen) atoms. The van der Waals surface area contributed by atoms with Gasteiger partial charge < -0.3 is 20.4 Å². The Morgan fingerprint density at radius 3 is 2.00 bits per heavy atom. The van der Waals surface area contributed by atoms with Crippen molar-refractivity contribution in [2.45, 2.75) is 57.0 Å². The number of nitrogens with zero attached hydrogens (tertiary/aromatic N) is 2. The van der Waals surface area contributed by atoms with Gasteiger partial charge in [0.15, 0.2) is 0 Å². The maximum atomic E-state index is 12.4. The lowest BCUT2D eigenvalue weighted by Crippen LogP contribution is -2.45. The maximum absolute atomic E-state index is 12.4. The molecule has 2 aliphatic rings. The molecule has 0 heterocycles. The molecule has 2 rings (SSSR count). The Labute approximate surface area is 189 Å². The fourth-order valence-corrected chi connectivity index (χ4v) is 4.61. The second kappa shape index (κ2) is 12.4. The molecule has 0 aromatic rings. The van der Waals surface area contributed by atoms with Crippen molar-refractivity contribution in [1.29, 1.82) is 0 Å². The van der Waals surface area contributed by atoms with E-state index in [4.69, 9.17) is 4.84 Å². The van der Waals surface area contributed by atoms with Crippen LogP contribution in [0.1, 0.15) is 44.9 Å². The zero-order chi connectivity index (χ0) is 24.5. The van der Waals surface area contributed by atoms with Gasteiger partial charge in [-0.15, -0.1) is 0 Å². The van der Waals surface area contributed by atoms with Crippen molar-refractivity contribution < 1.29 is 39.3 Å². The third-order valence-electron chi connectivity index (χ3n) is 6.50. The first-order chi connectivity index (χ1) is 15.6. The smallest absolute Gasteiger partial charge is 0.307 e. The predicted octanol–water partition coefficient (Wildman–Crippen LogP) is 0.306. The van der Waals surface area contributed by atoms with Crippen molar-refractivity contribution in [1.82, 2.24) is 10.8 Å². The molecule has 0 spiro atoms. The van der Waals surface area contributed by atoms with Crippen LogP contribution in [-0.4, -0.2) is 69.7 Å². The van der Waals surface area contributed by atoms with Crippen LogP contribution in [0.15, 0.2) is 0 Å². The Hall–Kier alpha value is -2.87. The van der Waals surface area contributed by atoms with E-state index in [0.717, 1.165) is 0 Å². The molecule has 186 valence electrons. The molecule has 2 aliphatic carbocycles. The Kier molecular flexibility index (Phi) is 9.91. The third-order valence-corrected chi connectivity index (χ3v) is 6.50. The molecule has 6 atom stereocenters. The summed E-state index contributed by atoms with van der Waals surface area (Å²) in [7, 11) is 0. The van der Waals surface area contributed by atoms with E-state index >= 15 is 0 Å². The van der Waals surface area contributed by atoms with Crippen LogP contribution in [0.5, 0.6) is 0 Å². The molecule has 0 saturated heterocycles. The van der Waals surface area contributed by atoms with E-state index in [2.05, 4.69) is 10.8 Å². The second-order valence-electron chi connectivity index (χ2n) is 8.61. The van der Waals surface area contributed by atoms with Gasteiger partial charge in [0.25, 0.3) is 0 Å². The minimum atomic E-state index is -1.14. The molecule has 0 bridgehead atoms. The molecule has 6 unspecified atom stereocenters.